The predicted molar refractivity (Wildman–Crippen MR) is 47.5 cm³/mol. The number of carbonyl (C=O) groups is 1. The highest BCUT2D eigenvalue weighted by molar-refractivity contribution is 8.00. The van der Waals surface area contributed by atoms with Crippen LogP contribution in [0.4, 0.5) is 0 Å². The Labute approximate surface area is 71.5 Å². The van der Waals surface area contributed by atoms with Crippen molar-refractivity contribution < 1.29 is 9.53 Å². The van der Waals surface area contributed by atoms with Crippen molar-refractivity contribution in [2.45, 2.75) is 11.0 Å². The van der Waals surface area contributed by atoms with Crippen LogP contribution in [-0.4, -0.2) is 17.2 Å². The van der Waals surface area contributed by atoms with Crippen LogP contribution in [0.1, 0.15) is 6.92 Å². The number of ether oxygens (including phenoxy) is 1. The van der Waals surface area contributed by atoms with Crippen molar-refractivity contribution in [1.29, 1.82) is 0 Å². The molecule has 0 bridgehead atoms. The molecule has 0 aromatic rings. The lowest BCUT2D eigenvalue weighted by atomic mass is 10.4. The van der Waals surface area contributed by atoms with Crippen LogP contribution >= 0.6 is 25.3 Å². The summed E-state index contributed by atoms with van der Waals surface area (Å²) in [5, 5.41) is 0. The fourth-order valence-corrected chi connectivity index (χ4v) is 0.443. The Hall–Kier alpha value is -0.0900. The summed E-state index contributed by atoms with van der Waals surface area (Å²) < 4.78 is 3.79. The van der Waals surface area contributed by atoms with Gasteiger partial charge in [-0.05, 0) is 6.92 Å². The first-order valence-electron chi connectivity index (χ1n) is 2.67. The van der Waals surface area contributed by atoms with Crippen molar-refractivity contribution in [2.75, 3.05) is 7.11 Å². The van der Waals surface area contributed by atoms with Gasteiger partial charge in [-0.2, -0.15) is 25.3 Å². The normalized spacial score (nSPS) is 12.0. The lowest BCUT2D eigenvalue weighted by molar-refractivity contribution is -0.134. The largest absolute Gasteiger partial charge is 0.466 e. The van der Waals surface area contributed by atoms with Crippen LogP contribution in [-0.2, 0) is 9.53 Å². The van der Waals surface area contributed by atoms with Crippen molar-refractivity contribution in [3.63, 3.8) is 0 Å². The molecule has 0 fully saturated rings. The molecule has 0 heterocycles. The summed E-state index contributed by atoms with van der Waals surface area (Å²) >= 11 is 8.08. The Balaban J connectivity index is 3.88. The number of esters is 1. The minimum Gasteiger partial charge on any atom is -0.466 e. The third-order valence-corrected chi connectivity index (χ3v) is 1.03. The third-order valence-electron chi connectivity index (χ3n) is 0.736. The molecule has 0 aliphatic carbocycles. The summed E-state index contributed by atoms with van der Waals surface area (Å²) in [5.74, 6) is -0.394. The second kappa shape index (κ2) is 3.93. The van der Waals surface area contributed by atoms with E-state index in [9.17, 15) is 4.79 Å². The zero-order chi connectivity index (χ0) is 8.20. The first-order valence-corrected chi connectivity index (χ1v) is 3.57. The van der Waals surface area contributed by atoms with Crippen molar-refractivity contribution >= 4 is 31.2 Å². The summed E-state index contributed by atoms with van der Waals surface area (Å²) in [6.45, 7) is 1.75. The van der Waals surface area contributed by atoms with Crippen LogP contribution < -0.4 is 0 Å². The van der Waals surface area contributed by atoms with Crippen LogP contribution in [0.2, 0.25) is 0 Å². The highest BCUT2D eigenvalue weighted by Crippen LogP contribution is 2.19. The molecule has 4 heteroatoms. The molecule has 0 aromatic carbocycles. The van der Waals surface area contributed by atoms with Gasteiger partial charge in [0.15, 0.2) is 0 Å². The molecule has 58 valence electrons. The molecule has 0 N–H and O–H groups in total. The van der Waals surface area contributed by atoms with E-state index in [0.29, 0.717) is 0 Å². The van der Waals surface area contributed by atoms with E-state index in [1.807, 2.05) is 0 Å². The van der Waals surface area contributed by atoms with Gasteiger partial charge in [0, 0.05) is 6.08 Å². The van der Waals surface area contributed by atoms with E-state index in [1.54, 1.807) is 13.0 Å². The molecule has 0 saturated carbocycles. The lowest BCUT2D eigenvalue weighted by Gasteiger charge is -2.07. The van der Waals surface area contributed by atoms with Crippen LogP contribution in [0.3, 0.4) is 0 Å². The molecule has 0 amide bonds. The Morgan fingerprint density at radius 2 is 2.10 bits per heavy atom. The highest BCUT2D eigenvalue weighted by Gasteiger charge is 2.06. The molecule has 0 aromatic heterocycles. The van der Waals surface area contributed by atoms with E-state index in [0.717, 1.165) is 0 Å². The number of carbonyl (C=O) groups excluding carboxylic acids is 1. The zero-order valence-electron chi connectivity index (χ0n) is 5.87. The van der Waals surface area contributed by atoms with Crippen molar-refractivity contribution in [2.24, 2.45) is 0 Å². The molecule has 0 radical (unpaired) electrons. The Kier molecular flexibility index (Phi) is 3.89. The summed E-state index contributed by atoms with van der Waals surface area (Å²) in [7, 11) is 1.32. The maximum Gasteiger partial charge on any atom is 0.330 e. The monoisotopic (exact) mass is 178 g/mol. The fourth-order valence-electron chi connectivity index (χ4n) is 0.294. The second-order valence-electron chi connectivity index (χ2n) is 1.95. The van der Waals surface area contributed by atoms with E-state index in [4.69, 9.17) is 0 Å². The maximum absolute atomic E-state index is 10.5. The maximum atomic E-state index is 10.5. The zero-order valence-corrected chi connectivity index (χ0v) is 7.65. The SMILES string of the molecule is COC(=O)/C=C/C(C)(S)S. The molecule has 10 heavy (non-hydrogen) atoms. The highest BCUT2D eigenvalue weighted by atomic mass is 32.2. The van der Waals surface area contributed by atoms with Gasteiger partial charge in [0.25, 0.3) is 0 Å². The van der Waals surface area contributed by atoms with Gasteiger partial charge >= 0.3 is 5.97 Å². The summed E-state index contributed by atoms with van der Waals surface area (Å²) in [5.41, 5.74) is 0. The Morgan fingerprint density at radius 1 is 1.60 bits per heavy atom. The molecule has 2 nitrogen and oxygen atoms in total. The first kappa shape index (κ1) is 9.91. The minimum atomic E-state index is -0.561. The molecule has 0 saturated heterocycles. The fraction of sp³-hybridized carbons (Fsp3) is 0.500. The average molecular weight is 178 g/mol. The summed E-state index contributed by atoms with van der Waals surface area (Å²) in [6.07, 6.45) is 2.84. The number of hydrogen-bond donors (Lipinski definition) is 2. The lowest BCUT2D eigenvalue weighted by Crippen LogP contribution is -2.03. The van der Waals surface area contributed by atoms with Crippen molar-refractivity contribution in [3.05, 3.63) is 12.2 Å². The van der Waals surface area contributed by atoms with Crippen LogP contribution in [0.5, 0.6) is 0 Å². The Bertz CT molecular complexity index is 146. The van der Waals surface area contributed by atoms with Gasteiger partial charge in [-0.25, -0.2) is 4.79 Å². The molecule has 0 atom stereocenters. The van der Waals surface area contributed by atoms with Gasteiger partial charge < -0.3 is 4.74 Å². The van der Waals surface area contributed by atoms with Gasteiger partial charge in [0.05, 0.1) is 11.2 Å². The van der Waals surface area contributed by atoms with E-state index in [-0.39, 0.29) is 0 Å². The second-order valence-corrected chi connectivity index (χ2v) is 4.16. The number of rotatable bonds is 2. The van der Waals surface area contributed by atoms with Gasteiger partial charge in [-0.3, -0.25) is 0 Å². The number of methoxy groups -OCH3 is 1. The first-order chi connectivity index (χ1) is 4.45. The molecular weight excluding hydrogens is 168 g/mol. The van der Waals surface area contributed by atoms with Gasteiger partial charge in [0.1, 0.15) is 0 Å². The minimum absolute atomic E-state index is 0.394. The van der Waals surface area contributed by atoms with Crippen LogP contribution in [0.25, 0.3) is 0 Å². The van der Waals surface area contributed by atoms with Crippen LogP contribution in [0, 0.1) is 0 Å². The quantitative estimate of drug-likeness (QED) is 0.288. The molecule has 0 unspecified atom stereocenters. The van der Waals surface area contributed by atoms with E-state index < -0.39 is 10.0 Å². The van der Waals surface area contributed by atoms with E-state index >= 15 is 0 Å². The van der Waals surface area contributed by atoms with Crippen LogP contribution in [0.15, 0.2) is 12.2 Å². The number of thiol groups is 2. The Morgan fingerprint density at radius 3 is 2.40 bits per heavy atom. The summed E-state index contributed by atoms with van der Waals surface area (Å²) in [6, 6.07) is 0. The number of hydrogen-bond acceptors (Lipinski definition) is 4. The topological polar surface area (TPSA) is 26.3 Å². The molecule has 0 aliphatic rings. The molecule has 0 aliphatic heterocycles. The predicted octanol–water partition coefficient (Wildman–Crippen LogP) is 1.29. The van der Waals surface area contributed by atoms with Crippen molar-refractivity contribution in [3.8, 4) is 0 Å². The smallest absolute Gasteiger partial charge is 0.330 e. The van der Waals surface area contributed by atoms with Gasteiger partial charge in [-0.15, -0.1) is 0 Å². The van der Waals surface area contributed by atoms with Crippen molar-refractivity contribution in [1.82, 2.24) is 0 Å². The average Bonchev–Trinajstić information content (AvgIpc) is 1.81. The van der Waals surface area contributed by atoms with Gasteiger partial charge in [-0.1, -0.05) is 6.08 Å². The molecule has 0 rings (SSSR count). The molecular formula is C6H10O2S2. The summed E-state index contributed by atoms with van der Waals surface area (Å²) in [4.78, 5) is 10.5. The van der Waals surface area contributed by atoms with Gasteiger partial charge in [0.2, 0.25) is 0 Å². The third kappa shape index (κ3) is 6.04. The standard InChI is InChI=1S/C6H10O2S2/c1-6(9,10)4-3-5(7)8-2/h3-4,9-10H,1-2H3/b4-3+. The van der Waals surface area contributed by atoms with E-state index in [2.05, 4.69) is 30.0 Å². The molecule has 0 spiro atoms. The van der Waals surface area contributed by atoms with E-state index in [1.165, 1.54) is 13.2 Å².